The fourth-order valence-corrected chi connectivity index (χ4v) is 4.79. The van der Waals surface area contributed by atoms with Gasteiger partial charge in [-0.1, -0.05) is 43.7 Å². The van der Waals surface area contributed by atoms with E-state index in [1.807, 2.05) is 36.4 Å². The van der Waals surface area contributed by atoms with Crippen molar-refractivity contribution in [3.05, 3.63) is 59.9 Å². The summed E-state index contributed by atoms with van der Waals surface area (Å²) in [7, 11) is 0. The van der Waals surface area contributed by atoms with Crippen molar-refractivity contribution in [2.45, 2.75) is 58.7 Å². The van der Waals surface area contributed by atoms with E-state index in [-0.39, 0.29) is 24.2 Å². The van der Waals surface area contributed by atoms with Crippen LogP contribution >= 0.6 is 24.0 Å². The second-order valence-electron chi connectivity index (χ2n) is 9.54. The standard InChI is InChI=1S/C29H34ClN5O4.ClH/c1-3-4-10-24-33-26-27(22-8-5-6-9-23(22)32-28(26)31)35(24)16-7-15-34(25(36)17-30)18-20-11-13-21(14-12-20)39-19(2)29(37)38;/h5-6,8-9,11-14,19H,3-4,7,10,15-18H2,1-2H3,(H2,31,32)(H,37,38);1H. The Hall–Kier alpha value is -3.56. The highest BCUT2D eigenvalue weighted by atomic mass is 35.5. The quantitative estimate of drug-likeness (QED) is 0.199. The van der Waals surface area contributed by atoms with E-state index in [2.05, 4.69) is 16.5 Å². The first-order valence-electron chi connectivity index (χ1n) is 13.2. The number of nitrogen functional groups attached to an aromatic ring is 1. The molecule has 1 atom stereocenters. The number of aromatic nitrogens is 3. The number of hydrogen-bond donors (Lipinski definition) is 2. The van der Waals surface area contributed by atoms with Gasteiger partial charge in [0.1, 0.15) is 23.0 Å². The van der Waals surface area contributed by atoms with Gasteiger partial charge in [0.25, 0.3) is 0 Å². The summed E-state index contributed by atoms with van der Waals surface area (Å²) in [4.78, 5) is 34.9. The van der Waals surface area contributed by atoms with Crippen LogP contribution in [0.15, 0.2) is 48.5 Å². The molecule has 0 saturated heterocycles. The monoisotopic (exact) mass is 587 g/mol. The van der Waals surface area contributed by atoms with Gasteiger partial charge < -0.3 is 25.0 Å². The molecule has 4 rings (SSSR count). The van der Waals surface area contributed by atoms with Crippen LogP contribution in [0.4, 0.5) is 5.82 Å². The van der Waals surface area contributed by atoms with Gasteiger partial charge in [0.05, 0.1) is 11.0 Å². The third-order valence-electron chi connectivity index (χ3n) is 6.68. The van der Waals surface area contributed by atoms with E-state index in [0.29, 0.717) is 43.1 Å². The van der Waals surface area contributed by atoms with Crippen molar-refractivity contribution in [3.8, 4) is 5.75 Å². The average molecular weight is 589 g/mol. The van der Waals surface area contributed by atoms with Crippen LogP contribution in [-0.4, -0.2) is 54.9 Å². The molecule has 0 spiro atoms. The number of aryl methyl sites for hydroxylation is 2. The highest BCUT2D eigenvalue weighted by molar-refractivity contribution is 6.27. The zero-order valence-electron chi connectivity index (χ0n) is 22.7. The average Bonchev–Trinajstić information content (AvgIpc) is 3.31. The summed E-state index contributed by atoms with van der Waals surface area (Å²) in [6, 6.07) is 15.0. The molecule has 0 aliphatic heterocycles. The summed E-state index contributed by atoms with van der Waals surface area (Å²) in [6.07, 6.45) is 2.64. The van der Waals surface area contributed by atoms with E-state index in [9.17, 15) is 9.59 Å². The second-order valence-corrected chi connectivity index (χ2v) is 9.81. The minimum Gasteiger partial charge on any atom is -0.479 e. The summed E-state index contributed by atoms with van der Waals surface area (Å²) in [5.41, 5.74) is 9.73. The molecule has 11 heteroatoms. The predicted molar refractivity (Wildman–Crippen MR) is 160 cm³/mol. The molecule has 9 nitrogen and oxygen atoms in total. The molecular formula is C29H35Cl2N5O4. The lowest BCUT2D eigenvalue weighted by Gasteiger charge is -2.23. The first kappa shape index (κ1) is 31.0. The molecule has 0 radical (unpaired) electrons. The van der Waals surface area contributed by atoms with E-state index in [1.165, 1.54) is 6.92 Å². The van der Waals surface area contributed by atoms with Crippen molar-refractivity contribution in [3.63, 3.8) is 0 Å². The van der Waals surface area contributed by atoms with Crippen molar-refractivity contribution in [2.24, 2.45) is 0 Å². The van der Waals surface area contributed by atoms with E-state index < -0.39 is 12.1 Å². The van der Waals surface area contributed by atoms with Gasteiger partial charge in [0.15, 0.2) is 11.9 Å². The molecule has 0 aliphatic rings. The maximum Gasteiger partial charge on any atom is 0.344 e. The van der Waals surface area contributed by atoms with Gasteiger partial charge in [-0.05, 0) is 43.5 Å². The summed E-state index contributed by atoms with van der Waals surface area (Å²) < 4.78 is 7.63. The maximum absolute atomic E-state index is 12.7. The Bertz CT molecular complexity index is 1460. The molecule has 2 heterocycles. The van der Waals surface area contributed by atoms with E-state index >= 15 is 0 Å². The number of amides is 1. The number of imidazole rings is 1. The minimum absolute atomic E-state index is 0. The Balaban J connectivity index is 0.00000441. The number of carbonyl (C=O) groups is 2. The van der Waals surface area contributed by atoms with Crippen molar-refractivity contribution < 1.29 is 19.4 Å². The molecule has 3 N–H and O–H groups in total. The number of rotatable bonds is 13. The van der Waals surface area contributed by atoms with Crippen LogP contribution in [-0.2, 0) is 29.1 Å². The van der Waals surface area contributed by atoms with Crippen LogP contribution in [0.1, 0.15) is 44.5 Å². The fourth-order valence-electron chi connectivity index (χ4n) is 4.62. The number of aliphatic carboxylic acids is 1. The number of benzene rings is 2. The SMILES string of the molecule is CCCCc1nc2c(N)nc3ccccc3c2n1CCCN(Cc1ccc(OC(C)C(=O)O)cc1)C(=O)CCl.Cl. The summed E-state index contributed by atoms with van der Waals surface area (Å²) in [5, 5.41) is 10.0. The number of para-hydroxylation sites is 1. The van der Waals surface area contributed by atoms with Gasteiger partial charge in [-0.25, -0.2) is 14.8 Å². The van der Waals surface area contributed by atoms with Gasteiger partial charge in [0, 0.05) is 31.4 Å². The number of carboxylic acids is 1. The lowest BCUT2D eigenvalue weighted by atomic mass is 10.1. The number of carbonyl (C=O) groups excluding carboxylic acids is 1. The van der Waals surface area contributed by atoms with E-state index in [1.54, 1.807) is 17.0 Å². The number of anilines is 1. The summed E-state index contributed by atoms with van der Waals surface area (Å²) in [6.45, 7) is 5.18. The van der Waals surface area contributed by atoms with E-state index in [4.69, 9.17) is 32.2 Å². The Morgan fingerprint density at radius 1 is 1.12 bits per heavy atom. The number of ether oxygens (including phenoxy) is 1. The van der Waals surface area contributed by atoms with Crippen molar-refractivity contribution >= 4 is 63.6 Å². The number of halogens is 2. The number of nitrogens with zero attached hydrogens (tertiary/aromatic N) is 4. The van der Waals surface area contributed by atoms with Crippen LogP contribution in [0, 0.1) is 0 Å². The molecule has 0 aliphatic carbocycles. The molecule has 2 aromatic carbocycles. The first-order valence-corrected chi connectivity index (χ1v) is 13.7. The smallest absolute Gasteiger partial charge is 0.344 e. The summed E-state index contributed by atoms with van der Waals surface area (Å²) >= 11 is 5.94. The Kier molecular flexibility index (Phi) is 11.0. The molecule has 0 bridgehead atoms. The third kappa shape index (κ3) is 7.14. The lowest BCUT2D eigenvalue weighted by molar-refractivity contribution is -0.144. The van der Waals surface area contributed by atoms with Crippen LogP contribution in [0.2, 0.25) is 0 Å². The number of hydrogen-bond acceptors (Lipinski definition) is 6. The number of alkyl halides is 1. The highest BCUT2D eigenvalue weighted by Gasteiger charge is 2.19. The van der Waals surface area contributed by atoms with Crippen LogP contribution in [0.3, 0.4) is 0 Å². The lowest BCUT2D eigenvalue weighted by Crippen LogP contribution is -2.33. The number of unbranched alkanes of at least 4 members (excludes halogenated alkanes) is 1. The minimum atomic E-state index is -1.03. The van der Waals surface area contributed by atoms with Gasteiger partial charge >= 0.3 is 5.97 Å². The van der Waals surface area contributed by atoms with Crippen LogP contribution in [0.5, 0.6) is 5.75 Å². The number of fused-ring (bicyclic) bond motifs is 3. The molecule has 1 unspecified atom stereocenters. The Morgan fingerprint density at radius 3 is 2.52 bits per heavy atom. The maximum atomic E-state index is 12.7. The van der Waals surface area contributed by atoms with Gasteiger partial charge in [-0.2, -0.15) is 0 Å². The molecule has 0 fully saturated rings. The molecule has 4 aromatic rings. The zero-order chi connectivity index (χ0) is 27.9. The van der Waals surface area contributed by atoms with Crippen LogP contribution in [0.25, 0.3) is 21.9 Å². The Labute approximate surface area is 244 Å². The zero-order valence-corrected chi connectivity index (χ0v) is 24.2. The van der Waals surface area contributed by atoms with E-state index in [0.717, 1.165) is 47.1 Å². The largest absolute Gasteiger partial charge is 0.479 e. The molecule has 40 heavy (non-hydrogen) atoms. The number of carboxylic acid groups (broad SMARTS) is 1. The normalized spacial score (nSPS) is 11.8. The van der Waals surface area contributed by atoms with Gasteiger partial charge in [-0.15, -0.1) is 24.0 Å². The molecule has 214 valence electrons. The van der Waals surface area contributed by atoms with Gasteiger partial charge in [-0.3, -0.25) is 4.79 Å². The van der Waals surface area contributed by atoms with Crippen molar-refractivity contribution in [1.29, 1.82) is 0 Å². The number of nitrogens with two attached hydrogens (primary N) is 1. The number of pyridine rings is 1. The second kappa shape index (κ2) is 14.2. The molecule has 1 amide bonds. The summed E-state index contributed by atoms with van der Waals surface area (Å²) in [5.74, 6) is 0.546. The topological polar surface area (TPSA) is 124 Å². The molecule has 0 saturated carbocycles. The highest BCUT2D eigenvalue weighted by Crippen LogP contribution is 2.29. The Morgan fingerprint density at radius 2 is 1.85 bits per heavy atom. The fraction of sp³-hybridized carbons (Fsp3) is 0.379. The predicted octanol–water partition coefficient (Wildman–Crippen LogP) is 5.44. The van der Waals surface area contributed by atoms with Crippen molar-refractivity contribution in [2.75, 3.05) is 18.2 Å². The molecule has 2 aromatic heterocycles. The molecular weight excluding hydrogens is 553 g/mol. The van der Waals surface area contributed by atoms with Gasteiger partial charge in [0.2, 0.25) is 5.91 Å². The first-order chi connectivity index (χ1) is 18.8. The third-order valence-corrected chi connectivity index (χ3v) is 6.91. The van der Waals surface area contributed by atoms with Crippen LogP contribution < -0.4 is 10.5 Å². The van der Waals surface area contributed by atoms with Crippen molar-refractivity contribution in [1.82, 2.24) is 19.4 Å².